The number of aliphatic hydroxyl groups excluding tert-OH is 1. The van der Waals surface area contributed by atoms with Crippen molar-refractivity contribution in [2.24, 2.45) is 5.92 Å². The molecule has 0 unspecified atom stereocenters. The number of rotatable bonds is 5. The maximum Gasteiger partial charge on any atom is 0.434 e. The van der Waals surface area contributed by atoms with Crippen LogP contribution in [0.25, 0.3) is 0 Å². The predicted octanol–water partition coefficient (Wildman–Crippen LogP) is 3.78. The molecule has 0 spiro atoms. The van der Waals surface area contributed by atoms with Crippen molar-refractivity contribution in [3.05, 3.63) is 52.6 Å². The molecule has 0 fully saturated rings. The maximum absolute atomic E-state index is 12.8. The van der Waals surface area contributed by atoms with Gasteiger partial charge in [-0.15, -0.1) is 0 Å². The van der Waals surface area contributed by atoms with E-state index in [0.717, 1.165) is 12.6 Å². The minimum atomic E-state index is -4.41. The Kier molecular flexibility index (Phi) is 5.60. The molecule has 1 aromatic heterocycles. The van der Waals surface area contributed by atoms with Gasteiger partial charge in [-0.05, 0) is 25.5 Å². The Bertz CT molecular complexity index is 762. The standard InChI is InChI=1S/C18H21ClF3N3O/c1-24(10-15(26)13-4-2-3-5-14(13)19)8-12-6-7-17-23-16(18(20,21)22)11-25(17)9-12/h2-5,11-12,15,26H,6-10H2,1H3/t12-,15+/m0/s1. The second-order valence-electron chi connectivity index (χ2n) is 6.86. The number of benzene rings is 1. The number of likely N-dealkylation sites (N-methyl/N-ethyl adjacent to an activating group) is 1. The van der Waals surface area contributed by atoms with Crippen LogP contribution in [0.3, 0.4) is 0 Å². The van der Waals surface area contributed by atoms with E-state index in [1.165, 1.54) is 0 Å². The monoisotopic (exact) mass is 387 g/mol. The molecule has 3 rings (SSSR count). The van der Waals surface area contributed by atoms with E-state index in [1.54, 1.807) is 16.7 Å². The minimum Gasteiger partial charge on any atom is -0.387 e. The molecule has 142 valence electrons. The molecule has 0 radical (unpaired) electrons. The van der Waals surface area contributed by atoms with E-state index in [2.05, 4.69) is 4.98 Å². The van der Waals surface area contributed by atoms with E-state index < -0.39 is 18.0 Å². The van der Waals surface area contributed by atoms with Gasteiger partial charge in [0.25, 0.3) is 0 Å². The largest absolute Gasteiger partial charge is 0.434 e. The smallest absolute Gasteiger partial charge is 0.387 e. The lowest BCUT2D eigenvalue weighted by molar-refractivity contribution is -0.141. The molecule has 1 aliphatic rings. The van der Waals surface area contributed by atoms with Gasteiger partial charge in [0.15, 0.2) is 5.69 Å². The lowest BCUT2D eigenvalue weighted by Crippen LogP contribution is -2.34. The molecule has 2 heterocycles. The second kappa shape index (κ2) is 7.58. The summed E-state index contributed by atoms with van der Waals surface area (Å²) < 4.78 is 40.0. The Balaban J connectivity index is 1.58. The maximum atomic E-state index is 12.8. The summed E-state index contributed by atoms with van der Waals surface area (Å²) in [6.07, 6.45) is -2.71. The fourth-order valence-corrected chi connectivity index (χ4v) is 3.72. The van der Waals surface area contributed by atoms with Crippen molar-refractivity contribution >= 4 is 11.6 Å². The number of fused-ring (bicyclic) bond motifs is 1. The summed E-state index contributed by atoms with van der Waals surface area (Å²) in [6.45, 7) is 1.59. The minimum absolute atomic E-state index is 0.209. The number of aryl methyl sites for hydroxylation is 1. The average Bonchev–Trinajstić information content (AvgIpc) is 2.98. The first-order chi connectivity index (χ1) is 12.2. The number of alkyl halides is 3. The molecular weight excluding hydrogens is 367 g/mol. The van der Waals surface area contributed by atoms with Gasteiger partial charge in [-0.3, -0.25) is 0 Å². The van der Waals surface area contributed by atoms with E-state index in [9.17, 15) is 18.3 Å². The molecule has 0 bridgehead atoms. The molecule has 0 aliphatic carbocycles. The lowest BCUT2D eigenvalue weighted by atomic mass is 9.98. The molecule has 2 atom stereocenters. The van der Waals surface area contributed by atoms with Crippen LogP contribution >= 0.6 is 11.6 Å². The third-order valence-electron chi connectivity index (χ3n) is 4.70. The Hall–Kier alpha value is -1.57. The first-order valence-corrected chi connectivity index (χ1v) is 8.86. The molecule has 8 heteroatoms. The summed E-state index contributed by atoms with van der Waals surface area (Å²) in [5, 5.41) is 10.9. The predicted molar refractivity (Wildman–Crippen MR) is 92.9 cm³/mol. The van der Waals surface area contributed by atoms with Gasteiger partial charge in [0, 0.05) is 42.8 Å². The van der Waals surface area contributed by atoms with Gasteiger partial charge in [0.1, 0.15) is 5.82 Å². The summed E-state index contributed by atoms with van der Waals surface area (Å²) in [6, 6.07) is 7.16. The first kappa shape index (κ1) is 19.2. The van der Waals surface area contributed by atoms with E-state index in [1.807, 2.05) is 24.1 Å². The summed E-state index contributed by atoms with van der Waals surface area (Å²) in [4.78, 5) is 5.69. The molecular formula is C18H21ClF3N3O. The van der Waals surface area contributed by atoms with Crippen molar-refractivity contribution in [2.45, 2.75) is 31.7 Å². The van der Waals surface area contributed by atoms with E-state index >= 15 is 0 Å². The number of aromatic nitrogens is 2. The van der Waals surface area contributed by atoms with Gasteiger partial charge < -0.3 is 14.6 Å². The van der Waals surface area contributed by atoms with Crippen LogP contribution in [0, 0.1) is 5.92 Å². The van der Waals surface area contributed by atoms with Crippen molar-refractivity contribution < 1.29 is 18.3 Å². The molecule has 1 aromatic carbocycles. The number of hydrogen-bond acceptors (Lipinski definition) is 3. The molecule has 0 saturated carbocycles. The highest BCUT2D eigenvalue weighted by Gasteiger charge is 2.35. The van der Waals surface area contributed by atoms with Crippen LogP contribution in [0.2, 0.25) is 5.02 Å². The summed E-state index contributed by atoms with van der Waals surface area (Å²) in [5.41, 5.74) is -0.146. The van der Waals surface area contributed by atoms with Gasteiger partial charge in [-0.25, -0.2) is 4.98 Å². The second-order valence-corrected chi connectivity index (χ2v) is 7.26. The topological polar surface area (TPSA) is 41.3 Å². The number of nitrogens with zero attached hydrogens (tertiary/aromatic N) is 3. The number of hydrogen-bond donors (Lipinski definition) is 1. The van der Waals surface area contributed by atoms with Crippen LogP contribution in [0.4, 0.5) is 13.2 Å². The van der Waals surface area contributed by atoms with Crippen molar-refractivity contribution in [3.8, 4) is 0 Å². The Labute approximate surface area is 155 Å². The highest BCUT2D eigenvalue weighted by atomic mass is 35.5. The van der Waals surface area contributed by atoms with E-state index in [0.29, 0.717) is 42.5 Å². The summed E-state index contributed by atoms with van der Waals surface area (Å²) in [5.74, 6) is 0.702. The summed E-state index contributed by atoms with van der Waals surface area (Å²) >= 11 is 6.11. The lowest BCUT2D eigenvalue weighted by Gasteiger charge is -2.29. The molecule has 1 aliphatic heterocycles. The highest BCUT2D eigenvalue weighted by Crippen LogP contribution is 2.31. The quantitative estimate of drug-likeness (QED) is 0.848. The molecule has 26 heavy (non-hydrogen) atoms. The SMILES string of the molecule is CN(C[C@@H]1CCc2nc(C(F)(F)F)cn2C1)C[C@@H](O)c1ccccc1Cl. The fraction of sp³-hybridized carbons (Fsp3) is 0.500. The molecule has 2 aromatic rings. The van der Waals surface area contributed by atoms with Crippen molar-refractivity contribution in [3.63, 3.8) is 0 Å². The van der Waals surface area contributed by atoms with Crippen LogP contribution in [-0.2, 0) is 19.1 Å². The number of aliphatic hydroxyl groups is 1. The zero-order valence-electron chi connectivity index (χ0n) is 14.4. The van der Waals surface area contributed by atoms with Gasteiger partial charge in [-0.1, -0.05) is 29.8 Å². The number of imidazole rings is 1. The van der Waals surface area contributed by atoms with Gasteiger partial charge >= 0.3 is 6.18 Å². The third kappa shape index (κ3) is 4.39. The van der Waals surface area contributed by atoms with Crippen LogP contribution < -0.4 is 0 Å². The normalized spacial score (nSPS) is 18.8. The molecule has 1 N–H and O–H groups in total. The zero-order valence-corrected chi connectivity index (χ0v) is 15.1. The molecule has 0 saturated heterocycles. The van der Waals surface area contributed by atoms with Crippen LogP contribution in [-0.4, -0.2) is 39.7 Å². The van der Waals surface area contributed by atoms with Gasteiger partial charge in [-0.2, -0.15) is 13.2 Å². The van der Waals surface area contributed by atoms with Crippen molar-refractivity contribution in [1.82, 2.24) is 14.5 Å². The Morgan fingerprint density at radius 1 is 1.38 bits per heavy atom. The molecule has 0 amide bonds. The Morgan fingerprint density at radius 2 is 2.12 bits per heavy atom. The van der Waals surface area contributed by atoms with E-state index in [-0.39, 0.29) is 5.92 Å². The zero-order chi connectivity index (χ0) is 18.9. The third-order valence-corrected chi connectivity index (χ3v) is 5.04. The average molecular weight is 388 g/mol. The van der Waals surface area contributed by atoms with Crippen LogP contribution in [0.15, 0.2) is 30.5 Å². The van der Waals surface area contributed by atoms with Gasteiger partial charge in [0.2, 0.25) is 0 Å². The summed E-state index contributed by atoms with van der Waals surface area (Å²) in [7, 11) is 1.89. The Morgan fingerprint density at radius 3 is 2.81 bits per heavy atom. The fourth-order valence-electron chi connectivity index (χ4n) is 3.45. The number of halogens is 4. The van der Waals surface area contributed by atoms with Crippen LogP contribution in [0.5, 0.6) is 0 Å². The van der Waals surface area contributed by atoms with Gasteiger partial charge in [0.05, 0.1) is 6.10 Å². The van der Waals surface area contributed by atoms with Crippen molar-refractivity contribution in [2.75, 3.05) is 20.1 Å². The first-order valence-electron chi connectivity index (χ1n) is 8.48. The van der Waals surface area contributed by atoms with E-state index in [4.69, 9.17) is 11.6 Å². The van der Waals surface area contributed by atoms with Crippen molar-refractivity contribution in [1.29, 1.82) is 0 Å². The molecule has 4 nitrogen and oxygen atoms in total. The van der Waals surface area contributed by atoms with Crippen LogP contribution in [0.1, 0.15) is 29.6 Å². The highest BCUT2D eigenvalue weighted by molar-refractivity contribution is 6.31.